The molecule has 9 nitrogen and oxygen atoms in total. The van der Waals surface area contributed by atoms with Crippen molar-refractivity contribution in [2.75, 3.05) is 11.1 Å². The van der Waals surface area contributed by atoms with Gasteiger partial charge in [-0.1, -0.05) is 35.9 Å². The fraction of sp³-hybridized carbons (Fsp3) is 0.0417. The van der Waals surface area contributed by atoms with E-state index in [1.807, 2.05) is 4.72 Å². The third-order valence-corrected chi connectivity index (χ3v) is 6.56. The van der Waals surface area contributed by atoms with E-state index in [-0.39, 0.29) is 26.7 Å². The number of allylic oxidation sites excluding steroid dienone is 1. The highest BCUT2D eigenvalue weighted by Crippen LogP contribution is 2.27. The molecule has 3 rings (SSSR count). The van der Waals surface area contributed by atoms with E-state index in [0.717, 1.165) is 0 Å². The van der Waals surface area contributed by atoms with Gasteiger partial charge in [0.05, 0.1) is 15.6 Å². The number of para-hydroxylation sites is 1. The van der Waals surface area contributed by atoms with E-state index in [1.165, 1.54) is 60.7 Å². The van der Waals surface area contributed by atoms with Gasteiger partial charge in [-0.15, -0.1) is 0 Å². The van der Waals surface area contributed by atoms with E-state index in [9.17, 15) is 26.4 Å². The highest BCUT2D eigenvalue weighted by molar-refractivity contribution is 7.90. The Morgan fingerprint density at radius 1 is 0.921 bits per heavy atom. The van der Waals surface area contributed by atoms with E-state index >= 15 is 0 Å². The van der Waals surface area contributed by atoms with E-state index < -0.39 is 33.8 Å². The first-order valence-electron chi connectivity index (χ1n) is 10.5. The second-order valence-electron chi connectivity index (χ2n) is 7.66. The number of benzene rings is 3. The van der Waals surface area contributed by atoms with Gasteiger partial charge < -0.3 is 11.1 Å². The fourth-order valence-electron chi connectivity index (χ4n) is 2.98. The molecule has 0 aromatic heterocycles. The molecule has 7 N–H and O–H groups in total. The van der Waals surface area contributed by atoms with Crippen molar-refractivity contribution in [3.8, 4) is 0 Å². The number of sulfonamides is 1. The number of halogens is 4. The lowest BCUT2D eigenvalue weighted by molar-refractivity contribution is -0.0583. The fourth-order valence-corrected chi connectivity index (χ4v) is 4.09. The molecule has 0 bridgehead atoms. The number of nitrogen functional groups attached to an aromatic ring is 1. The monoisotopic (exact) mass is 564 g/mol. The van der Waals surface area contributed by atoms with Gasteiger partial charge in [-0.25, -0.2) is 13.1 Å². The molecule has 0 aliphatic heterocycles. The Morgan fingerprint density at radius 2 is 1.50 bits per heavy atom. The predicted octanol–water partition coefficient (Wildman–Crippen LogP) is 4.60. The average molecular weight is 565 g/mol. The Morgan fingerprint density at radius 3 is 2.08 bits per heavy atom. The zero-order valence-electron chi connectivity index (χ0n) is 19.2. The Hall–Kier alpha value is -4.36. The van der Waals surface area contributed by atoms with E-state index in [0.29, 0.717) is 17.5 Å². The maximum atomic E-state index is 13.0. The number of alkyl halides is 3. The summed E-state index contributed by atoms with van der Waals surface area (Å²) in [5.74, 6) is -1.68. The van der Waals surface area contributed by atoms with Gasteiger partial charge in [-0.3, -0.25) is 20.9 Å². The van der Waals surface area contributed by atoms with Crippen LogP contribution in [-0.2, 0) is 10.0 Å². The van der Waals surface area contributed by atoms with Crippen LogP contribution >= 0.6 is 11.6 Å². The number of amides is 1. The first-order valence-corrected chi connectivity index (χ1v) is 12.4. The number of carbonyl (C=O) groups is 1. The van der Waals surface area contributed by atoms with E-state index in [4.69, 9.17) is 28.2 Å². The van der Waals surface area contributed by atoms with Gasteiger partial charge in [0.2, 0.25) is 5.96 Å². The molecule has 0 heterocycles. The zero-order valence-corrected chi connectivity index (χ0v) is 20.8. The largest absolute Gasteiger partial charge is 0.432 e. The summed E-state index contributed by atoms with van der Waals surface area (Å²) in [7, 11) is -4.16. The predicted molar refractivity (Wildman–Crippen MR) is 140 cm³/mol. The third-order valence-electron chi connectivity index (χ3n) is 4.86. The highest BCUT2D eigenvalue weighted by Gasteiger charge is 2.33. The molecule has 198 valence electrons. The summed E-state index contributed by atoms with van der Waals surface area (Å²) in [5.41, 5.74) is 4.60. The summed E-state index contributed by atoms with van der Waals surface area (Å²) in [6.07, 6.45) is -4.31. The van der Waals surface area contributed by atoms with Crippen LogP contribution in [-0.4, -0.2) is 32.2 Å². The van der Waals surface area contributed by atoms with Crippen LogP contribution in [0.2, 0.25) is 5.02 Å². The van der Waals surface area contributed by atoms with Crippen molar-refractivity contribution in [2.45, 2.75) is 11.1 Å². The Bertz CT molecular complexity index is 1510. The minimum absolute atomic E-state index is 0.0202. The molecule has 14 heteroatoms. The van der Waals surface area contributed by atoms with Crippen molar-refractivity contribution >= 4 is 56.3 Å². The quantitative estimate of drug-likeness (QED) is 0.140. The van der Waals surface area contributed by atoms with Gasteiger partial charge in [0.25, 0.3) is 15.9 Å². The Kier molecular flexibility index (Phi) is 8.43. The van der Waals surface area contributed by atoms with Gasteiger partial charge in [0.15, 0.2) is 0 Å². The lowest BCUT2D eigenvalue weighted by Gasteiger charge is -2.15. The number of nitrogens with one attached hydrogen (secondary N) is 5. The molecule has 0 atom stereocenters. The van der Waals surface area contributed by atoms with Crippen LogP contribution in [0.1, 0.15) is 15.9 Å². The normalized spacial score (nSPS) is 11.9. The van der Waals surface area contributed by atoms with Crippen LogP contribution in [0.3, 0.4) is 0 Å². The maximum absolute atomic E-state index is 13.0. The molecule has 0 saturated heterocycles. The van der Waals surface area contributed by atoms with E-state index in [2.05, 4.69) is 10.6 Å². The van der Waals surface area contributed by atoms with Crippen molar-refractivity contribution in [3.63, 3.8) is 0 Å². The van der Waals surface area contributed by atoms with Crippen molar-refractivity contribution in [3.05, 3.63) is 95.0 Å². The van der Waals surface area contributed by atoms with Crippen molar-refractivity contribution in [1.29, 1.82) is 10.8 Å². The topological polar surface area (TPSA) is 161 Å². The van der Waals surface area contributed by atoms with Gasteiger partial charge in [0, 0.05) is 16.9 Å². The number of hydrogen-bond donors (Lipinski definition) is 6. The summed E-state index contributed by atoms with van der Waals surface area (Å²) in [6, 6.07) is 16.6. The maximum Gasteiger partial charge on any atom is 0.432 e. The second-order valence-corrected chi connectivity index (χ2v) is 9.74. The number of rotatable bonds is 7. The molecule has 0 fully saturated rings. The van der Waals surface area contributed by atoms with Crippen LogP contribution in [0.15, 0.2) is 83.8 Å². The highest BCUT2D eigenvalue weighted by atomic mass is 35.5. The van der Waals surface area contributed by atoms with Gasteiger partial charge in [0.1, 0.15) is 5.71 Å². The first-order chi connectivity index (χ1) is 17.8. The molecular formula is C24H20ClF3N6O3S. The van der Waals surface area contributed by atoms with Crippen LogP contribution < -0.4 is 21.1 Å². The number of carbonyl (C=O) groups excluding carboxylic acids is 1. The number of anilines is 2. The molecule has 1 amide bonds. The average Bonchev–Trinajstić information content (AvgIpc) is 2.84. The summed E-state index contributed by atoms with van der Waals surface area (Å²) >= 11 is 6.10. The van der Waals surface area contributed by atoms with Crippen LogP contribution in [0, 0.1) is 10.8 Å². The SMILES string of the molecule is N=C(NC(=O)c1ccc(/C(=C/C(=N)C(F)(F)F)Nc2ccccc2Cl)cc1)NS(=O)(=O)c1ccc(N)cc1. The number of guanidine groups is 1. The summed E-state index contributed by atoms with van der Waals surface area (Å²) in [6.45, 7) is 0. The van der Waals surface area contributed by atoms with Crippen LogP contribution in [0.25, 0.3) is 5.70 Å². The standard InChI is InChI=1S/C24H20ClF3N6O3S/c25-18-3-1-2-4-19(18)32-20(13-21(30)24(26,27)28)14-5-7-15(8-6-14)22(35)33-23(31)34-38(36,37)17-11-9-16(29)10-12-17/h1-13,30,32H,29H2,(H3,31,33,34,35)/b20-13-,30-21?. The third kappa shape index (κ3) is 7.33. The lowest BCUT2D eigenvalue weighted by Crippen LogP contribution is -2.43. The molecule has 0 radical (unpaired) electrons. The Labute approximate surface area is 220 Å². The summed E-state index contributed by atoms with van der Waals surface area (Å²) in [4.78, 5) is 12.3. The molecule has 0 spiro atoms. The molecule has 3 aromatic rings. The molecule has 0 unspecified atom stereocenters. The lowest BCUT2D eigenvalue weighted by atomic mass is 10.1. The van der Waals surface area contributed by atoms with Crippen LogP contribution in [0.5, 0.6) is 0 Å². The molecule has 0 aliphatic rings. The van der Waals surface area contributed by atoms with Gasteiger partial charge >= 0.3 is 6.18 Å². The van der Waals surface area contributed by atoms with Gasteiger partial charge in [-0.2, -0.15) is 13.2 Å². The smallest absolute Gasteiger partial charge is 0.399 e. The van der Waals surface area contributed by atoms with Crippen molar-refractivity contribution in [2.24, 2.45) is 0 Å². The molecule has 0 aliphatic carbocycles. The molecule has 38 heavy (non-hydrogen) atoms. The Balaban J connectivity index is 1.78. The van der Waals surface area contributed by atoms with Gasteiger partial charge in [-0.05, 0) is 60.2 Å². The minimum atomic E-state index is -4.90. The first kappa shape index (κ1) is 28.2. The number of hydrogen-bond acceptors (Lipinski definition) is 7. The number of nitrogens with two attached hydrogens (primary N) is 1. The molecule has 3 aromatic carbocycles. The summed E-state index contributed by atoms with van der Waals surface area (Å²) < 4.78 is 65.7. The summed E-state index contributed by atoms with van der Waals surface area (Å²) in [5, 5.41) is 20.2. The van der Waals surface area contributed by atoms with Crippen molar-refractivity contribution in [1.82, 2.24) is 10.0 Å². The van der Waals surface area contributed by atoms with Crippen LogP contribution in [0.4, 0.5) is 24.5 Å². The molecule has 0 saturated carbocycles. The van der Waals surface area contributed by atoms with Crippen molar-refractivity contribution < 1.29 is 26.4 Å². The molecular weight excluding hydrogens is 545 g/mol. The zero-order chi connectivity index (χ0) is 28.1. The second kappa shape index (κ2) is 11.4. The minimum Gasteiger partial charge on any atom is -0.399 e. The van der Waals surface area contributed by atoms with E-state index in [1.54, 1.807) is 12.1 Å².